The molecule has 1 N–H and O–H groups in total. The lowest BCUT2D eigenvalue weighted by molar-refractivity contribution is 0.564. The first-order valence-electron chi connectivity index (χ1n) is 5.82. The highest BCUT2D eigenvalue weighted by molar-refractivity contribution is 7.89. The van der Waals surface area contributed by atoms with Crippen molar-refractivity contribution in [3.8, 4) is 0 Å². The number of hydrogen-bond donors (Lipinski definition) is 1. The molecular formula is C14H14FNO2S. The van der Waals surface area contributed by atoms with E-state index in [2.05, 4.69) is 4.72 Å². The Balaban J connectivity index is 2.22. The van der Waals surface area contributed by atoms with E-state index in [-0.39, 0.29) is 10.7 Å². The number of nitrogens with one attached hydrogen (secondary N) is 1. The van der Waals surface area contributed by atoms with Gasteiger partial charge in [-0.3, -0.25) is 0 Å². The van der Waals surface area contributed by atoms with Gasteiger partial charge in [0.05, 0.1) is 4.90 Å². The summed E-state index contributed by atoms with van der Waals surface area (Å²) in [7, 11) is -3.59. The van der Waals surface area contributed by atoms with Gasteiger partial charge in [-0.25, -0.2) is 17.5 Å². The molecule has 19 heavy (non-hydrogen) atoms. The first kappa shape index (κ1) is 13.7. The molecule has 1 atom stereocenters. The smallest absolute Gasteiger partial charge is 0.207 e. The molecule has 0 radical (unpaired) electrons. The van der Waals surface area contributed by atoms with Gasteiger partial charge in [0.2, 0.25) is 10.0 Å². The minimum absolute atomic E-state index is 0.193. The zero-order valence-electron chi connectivity index (χ0n) is 10.4. The van der Waals surface area contributed by atoms with Gasteiger partial charge in [0.15, 0.2) is 0 Å². The molecule has 100 valence electrons. The van der Waals surface area contributed by atoms with Gasteiger partial charge in [-0.05, 0) is 36.8 Å². The van der Waals surface area contributed by atoms with Crippen molar-refractivity contribution in [1.29, 1.82) is 0 Å². The van der Waals surface area contributed by atoms with E-state index in [9.17, 15) is 12.8 Å². The van der Waals surface area contributed by atoms with Crippen LogP contribution in [0.15, 0.2) is 59.5 Å². The molecule has 0 fully saturated rings. The maximum atomic E-state index is 13.1. The van der Waals surface area contributed by atoms with Crippen LogP contribution in [-0.4, -0.2) is 8.42 Å². The molecule has 0 saturated carbocycles. The Morgan fingerprint density at radius 2 is 1.74 bits per heavy atom. The van der Waals surface area contributed by atoms with Crippen molar-refractivity contribution < 1.29 is 12.8 Å². The van der Waals surface area contributed by atoms with Crippen molar-refractivity contribution in [2.24, 2.45) is 0 Å². The molecule has 0 saturated heterocycles. The van der Waals surface area contributed by atoms with E-state index in [1.165, 1.54) is 24.3 Å². The fourth-order valence-electron chi connectivity index (χ4n) is 1.74. The Morgan fingerprint density at radius 1 is 1.05 bits per heavy atom. The average Bonchev–Trinajstić information content (AvgIpc) is 2.39. The molecule has 0 spiro atoms. The standard InChI is InChI=1S/C14H14FNO2S/c1-11(12-6-5-7-13(15)10-12)16-19(17,18)14-8-3-2-4-9-14/h2-11,16H,1H3. The monoisotopic (exact) mass is 279 g/mol. The van der Waals surface area contributed by atoms with Crippen molar-refractivity contribution in [3.05, 3.63) is 66.0 Å². The summed E-state index contributed by atoms with van der Waals surface area (Å²) in [6, 6.07) is 13.5. The predicted molar refractivity (Wildman–Crippen MR) is 71.6 cm³/mol. The zero-order valence-corrected chi connectivity index (χ0v) is 11.2. The molecule has 0 aliphatic rings. The van der Waals surface area contributed by atoms with E-state index >= 15 is 0 Å². The van der Waals surface area contributed by atoms with Crippen LogP contribution < -0.4 is 4.72 Å². The van der Waals surface area contributed by atoms with Gasteiger partial charge in [0.25, 0.3) is 0 Å². The number of benzene rings is 2. The fourth-order valence-corrected chi connectivity index (χ4v) is 3.00. The summed E-state index contributed by atoms with van der Waals surface area (Å²) in [5, 5.41) is 0. The summed E-state index contributed by atoms with van der Waals surface area (Å²) < 4.78 is 39.8. The van der Waals surface area contributed by atoms with Gasteiger partial charge < -0.3 is 0 Å². The van der Waals surface area contributed by atoms with E-state index in [0.29, 0.717) is 5.56 Å². The second kappa shape index (κ2) is 5.50. The molecule has 2 aromatic rings. The maximum Gasteiger partial charge on any atom is 0.241 e. The highest BCUT2D eigenvalue weighted by Gasteiger charge is 2.17. The Bertz CT molecular complexity index is 656. The third-order valence-electron chi connectivity index (χ3n) is 2.73. The zero-order chi connectivity index (χ0) is 13.9. The second-order valence-corrected chi connectivity index (χ2v) is 5.93. The van der Waals surface area contributed by atoms with Crippen LogP contribution in [0.3, 0.4) is 0 Å². The summed E-state index contributed by atoms with van der Waals surface area (Å²) >= 11 is 0. The molecule has 0 aliphatic carbocycles. The lowest BCUT2D eigenvalue weighted by atomic mass is 10.1. The first-order chi connectivity index (χ1) is 8.99. The Kier molecular flexibility index (Phi) is 3.97. The summed E-state index contributed by atoms with van der Waals surface area (Å²) in [6.07, 6.45) is 0. The first-order valence-corrected chi connectivity index (χ1v) is 7.30. The summed E-state index contributed by atoms with van der Waals surface area (Å²) in [5.41, 5.74) is 0.583. The lowest BCUT2D eigenvalue weighted by Gasteiger charge is -2.14. The van der Waals surface area contributed by atoms with E-state index in [0.717, 1.165) is 0 Å². The minimum Gasteiger partial charge on any atom is -0.207 e. The van der Waals surface area contributed by atoms with Crippen LogP contribution in [0.1, 0.15) is 18.5 Å². The second-order valence-electron chi connectivity index (χ2n) is 4.21. The van der Waals surface area contributed by atoms with E-state index in [1.54, 1.807) is 37.3 Å². The number of halogens is 1. The maximum absolute atomic E-state index is 13.1. The molecule has 0 bridgehead atoms. The molecule has 1 unspecified atom stereocenters. The fraction of sp³-hybridized carbons (Fsp3) is 0.143. The number of hydrogen-bond acceptors (Lipinski definition) is 2. The van der Waals surface area contributed by atoms with Crippen LogP contribution in [0.5, 0.6) is 0 Å². The van der Waals surface area contributed by atoms with Crippen molar-refractivity contribution in [1.82, 2.24) is 4.72 Å². The van der Waals surface area contributed by atoms with Crippen LogP contribution in [-0.2, 0) is 10.0 Å². The topological polar surface area (TPSA) is 46.2 Å². The van der Waals surface area contributed by atoms with Gasteiger partial charge >= 0.3 is 0 Å². The minimum atomic E-state index is -3.59. The average molecular weight is 279 g/mol. The molecule has 2 aromatic carbocycles. The Hall–Kier alpha value is -1.72. The van der Waals surface area contributed by atoms with Gasteiger partial charge in [-0.2, -0.15) is 0 Å². The van der Waals surface area contributed by atoms with Gasteiger partial charge in [-0.15, -0.1) is 0 Å². The predicted octanol–water partition coefficient (Wildman–Crippen LogP) is 2.87. The number of rotatable bonds is 4. The molecule has 0 aromatic heterocycles. The van der Waals surface area contributed by atoms with Crippen molar-refractivity contribution in [3.63, 3.8) is 0 Å². The highest BCUT2D eigenvalue weighted by Crippen LogP contribution is 2.17. The van der Waals surface area contributed by atoms with Crippen LogP contribution in [0.25, 0.3) is 0 Å². The van der Waals surface area contributed by atoms with Crippen LogP contribution in [0, 0.1) is 5.82 Å². The lowest BCUT2D eigenvalue weighted by Crippen LogP contribution is -2.26. The SMILES string of the molecule is CC(NS(=O)(=O)c1ccccc1)c1cccc(F)c1. The largest absolute Gasteiger partial charge is 0.241 e. The third-order valence-corrected chi connectivity index (χ3v) is 4.29. The molecule has 0 aliphatic heterocycles. The van der Waals surface area contributed by atoms with Crippen molar-refractivity contribution in [2.75, 3.05) is 0 Å². The molecule has 5 heteroatoms. The molecule has 3 nitrogen and oxygen atoms in total. The summed E-state index contributed by atoms with van der Waals surface area (Å²) in [4.78, 5) is 0.193. The third kappa shape index (κ3) is 3.39. The van der Waals surface area contributed by atoms with Crippen LogP contribution >= 0.6 is 0 Å². The molecule has 0 amide bonds. The van der Waals surface area contributed by atoms with Gasteiger partial charge in [0.1, 0.15) is 5.82 Å². The Morgan fingerprint density at radius 3 is 2.37 bits per heavy atom. The normalized spacial score (nSPS) is 13.2. The van der Waals surface area contributed by atoms with Gasteiger partial charge in [0, 0.05) is 6.04 Å². The molecule has 0 heterocycles. The quantitative estimate of drug-likeness (QED) is 0.935. The van der Waals surface area contributed by atoms with Crippen molar-refractivity contribution in [2.45, 2.75) is 17.9 Å². The van der Waals surface area contributed by atoms with Gasteiger partial charge in [-0.1, -0.05) is 30.3 Å². The highest BCUT2D eigenvalue weighted by atomic mass is 32.2. The van der Waals surface area contributed by atoms with Crippen LogP contribution in [0.2, 0.25) is 0 Å². The Labute approximate surface area is 112 Å². The van der Waals surface area contributed by atoms with Crippen molar-refractivity contribution >= 4 is 10.0 Å². The number of sulfonamides is 1. The van der Waals surface area contributed by atoms with Crippen LogP contribution in [0.4, 0.5) is 4.39 Å². The van der Waals surface area contributed by atoms with E-state index < -0.39 is 16.1 Å². The van der Waals surface area contributed by atoms with E-state index in [1.807, 2.05) is 0 Å². The summed E-state index contributed by atoms with van der Waals surface area (Å²) in [5.74, 6) is -0.386. The van der Waals surface area contributed by atoms with E-state index in [4.69, 9.17) is 0 Å². The molecule has 2 rings (SSSR count). The summed E-state index contributed by atoms with van der Waals surface area (Å²) in [6.45, 7) is 1.68. The molecular weight excluding hydrogens is 265 g/mol.